The zero-order valence-electron chi connectivity index (χ0n) is 12.2. The highest BCUT2D eigenvalue weighted by atomic mass is 35.5. The van der Waals surface area contributed by atoms with Gasteiger partial charge >= 0.3 is 0 Å². The molecule has 1 aliphatic rings. The first kappa shape index (κ1) is 17.0. The van der Waals surface area contributed by atoms with E-state index in [1.807, 2.05) is 0 Å². The van der Waals surface area contributed by atoms with E-state index in [-0.39, 0.29) is 24.2 Å². The number of rotatable bonds is 4. The van der Waals surface area contributed by atoms with Crippen LogP contribution in [0, 0.1) is 28.9 Å². The van der Waals surface area contributed by atoms with Crippen LogP contribution in [0.5, 0.6) is 0 Å². The van der Waals surface area contributed by atoms with Gasteiger partial charge in [0.15, 0.2) is 0 Å². The fourth-order valence-electron chi connectivity index (χ4n) is 2.51. The number of anilines is 1. The first-order valence-electron chi connectivity index (χ1n) is 6.91. The van der Waals surface area contributed by atoms with E-state index in [0.29, 0.717) is 10.6 Å². The van der Waals surface area contributed by atoms with Crippen LogP contribution >= 0.6 is 11.6 Å². The topological polar surface area (TPSA) is 112 Å². The Kier molecular flexibility index (Phi) is 5.00. The normalized spacial score (nSPS) is 20.5. The van der Waals surface area contributed by atoms with Crippen LogP contribution in [0.3, 0.4) is 0 Å². The lowest BCUT2D eigenvalue weighted by molar-refractivity contribution is -0.385. The minimum atomic E-state index is -1.32. The summed E-state index contributed by atoms with van der Waals surface area (Å²) in [5.74, 6) is -3.72. The van der Waals surface area contributed by atoms with Crippen LogP contribution in [-0.2, 0) is 9.59 Å². The van der Waals surface area contributed by atoms with Crippen LogP contribution < -0.4 is 10.4 Å². The lowest BCUT2D eigenvalue weighted by Crippen LogP contribution is -2.42. The van der Waals surface area contributed by atoms with Crippen molar-refractivity contribution in [1.29, 1.82) is 0 Å². The van der Waals surface area contributed by atoms with Gasteiger partial charge in [0.05, 0.1) is 10.8 Å². The summed E-state index contributed by atoms with van der Waals surface area (Å²) in [6, 6.07) is 4.27. The zero-order chi connectivity index (χ0) is 17.1. The smallest absolute Gasteiger partial charge is 0.274 e. The SMILES string of the molecule is Cc1ccc(NC(=O)[C@H]2CC(Cl)=CC[C@H]2C(=O)[O-])cc1[N+](=O)[O-]. The summed E-state index contributed by atoms with van der Waals surface area (Å²) in [6.07, 6.45) is 1.77. The molecule has 0 aromatic heterocycles. The van der Waals surface area contributed by atoms with Crippen molar-refractivity contribution in [2.75, 3.05) is 5.32 Å². The third-order valence-electron chi connectivity index (χ3n) is 3.81. The highest BCUT2D eigenvalue weighted by molar-refractivity contribution is 6.29. The van der Waals surface area contributed by atoms with Gasteiger partial charge in [-0.25, -0.2) is 0 Å². The summed E-state index contributed by atoms with van der Waals surface area (Å²) in [4.78, 5) is 33.9. The maximum absolute atomic E-state index is 12.3. The lowest BCUT2D eigenvalue weighted by Gasteiger charge is -2.29. The highest BCUT2D eigenvalue weighted by Gasteiger charge is 2.32. The van der Waals surface area contributed by atoms with Crippen molar-refractivity contribution in [2.24, 2.45) is 11.8 Å². The zero-order valence-corrected chi connectivity index (χ0v) is 13.0. The number of hydrogen-bond donors (Lipinski definition) is 1. The van der Waals surface area contributed by atoms with E-state index in [0.717, 1.165) is 0 Å². The lowest BCUT2D eigenvalue weighted by atomic mass is 9.82. The largest absolute Gasteiger partial charge is 0.550 e. The first-order valence-corrected chi connectivity index (χ1v) is 7.28. The number of carboxylic acids is 1. The van der Waals surface area contributed by atoms with Gasteiger partial charge in [0, 0.05) is 34.2 Å². The number of aliphatic carboxylic acids is 1. The Balaban J connectivity index is 2.21. The van der Waals surface area contributed by atoms with E-state index in [1.54, 1.807) is 13.0 Å². The minimum absolute atomic E-state index is 0.0972. The predicted molar refractivity (Wildman–Crippen MR) is 81.6 cm³/mol. The third-order valence-corrected chi connectivity index (χ3v) is 4.12. The fraction of sp³-hybridized carbons (Fsp3) is 0.333. The van der Waals surface area contributed by atoms with Crippen molar-refractivity contribution in [3.63, 3.8) is 0 Å². The molecular formula is C15H14ClN2O5-. The quantitative estimate of drug-likeness (QED) is 0.664. The number of allylic oxidation sites excluding steroid dienone is 2. The highest BCUT2D eigenvalue weighted by Crippen LogP contribution is 2.32. The summed E-state index contributed by atoms with van der Waals surface area (Å²) in [7, 11) is 0. The van der Waals surface area contributed by atoms with Crippen LogP contribution in [0.2, 0.25) is 0 Å². The number of nitrogens with one attached hydrogen (secondary N) is 1. The second kappa shape index (κ2) is 6.78. The Morgan fingerprint density at radius 2 is 2.04 bits per heavy atom. The standard InChI is InChI=1S/C15H15ClN2O5/c1-8-2-4-10(7-13(8)18(22)23)17-14(19)12-6-9(16)3-5-11(12)15(20)21/h2-4,7,11-12H,5-6H2,1H3,(H,17,19)(H,20,21)/p-1/t11-,12+/m1/s1. The van der Waals surface area contributed by atoms with Crippen LogP contribution in [-0.4, -0.2) is 16.8 Å². The molecule has 2 rings (SSSR count). The monoisotopic (exact) mass is 337 g/mol. The summed E-state index contributed by atoms with van der Waals surface area (Å²) in [6.45, 7) is 1.58. The molecule has 0 bridgehead atoms. The molecule has 1 amide bonds. The number of carbonyl (C=O) groups is 2. The Labute approximate surface area is 137 Å². The Hall–Kier alpha value is -2.41. The maximum atomic E-state index is 12.3. The fourth-order valence-corrected chi connectivity index (χ4v) is 2.76. The van der Waals surface area contributed by atoms with Gasteiger partial charge in [-0.1, -0.05) is 23.7 Å². The van der Waals surface area contributed by atoms with Gasteiger partial charge in [-0.15, -0.1) is 0 Å². The molecule has 1 aromatic rings. The summed E-state index contributed by atoms with van der Waals surface area (Å²) in [5, 5.41) is 25.0. The molecule has 0 fully saturated rings. The Bertz CT molecular complexity index is 701. The molecule has 0 heterocycles. The molecular weight excluding hydrogens is 324 g/mol. The first-order chi connectivity index (χ1) is 10.8. The van der Waals surface area contributed by atoms with E-state index in [1.165, 1.54) is 18.2 Å². The van der Waals surface area contributed by atoms with E-state index >= 15 is 0 Å². The number of aryl methyl sites for hydroxylation is 1. The summed E-state index contributed by atoms with van der Waals surface area (Å²) < 4.78 is 0. The molecule has 8 heteroatoms. The summed E-state index contributed by atoms with van der Waals surface area (Å²) in [5.41, 5.74) is 0.570. The number of carboxylic acid groups (broad SMARTS) is 1. The number of benzene rings is 1. The van der Waals surface area contributed by atoms with Gasteiger partial charge in [0.25, 0.3) is 5.69 Å². The van der Waals surface area contributed by atoms with Crippen molar-refractivity contribution >= 4 is 34.9 Å². The molecule has 0 radical (unpaired) electrons. The number of halogens is 1. The number of carbonyl (C=O) groups excluding carboxylic acids is 2. The molecule has 0 unspecified atom stereocenters. The molecule has 0 aliphatic heterocycles. The minimum Gasteiger partial charge on any atom is -0.550 e. The Morgan fingerprint density at radius 3 is 2.65 bits per heavy atom. The van der Waals surface area contributed by atoms with Crippen LogP contribution in [0.1, 0.15) is 18.4 Å². The second-order valence-corrected chi connectivity index (χ2v) is 5.86. The van der Waals surface area contributed by atoms with Crippen molar-refractivity contribution in [1.82, 2.24) is 0 Å². The Morgan fingerprint density at radius 1 is 1.35 bits per heavy atom. The molecule has 2 atom stereocenters. The number of amides is 1. The van der Waals surface area contributed by atoms with E-state index in [9.17, 15) is 24.8 Å². The number of nitro benzene ring substituents is 1. The molecule has 1 aromatic carbocycles. The van der Waals surface area contributed by atoms with E-state index < -0.39 is 28.6 Å². The van der Waals surface area contributed by atoms with Gasteiger partial charge in [0.2, 0.25) is 5.91 Å². The summed E-state index contributed by atoms with van der Waals surface area (Å²) >= 11 is 5.89. The van der Waals surface area contributed by atoms with Gasteiger partial charge in [-0.05, 0) is 25.8 Å². The van der Waals surface area contributed by atoms with E-state index in [2.05, 4.69) is 5.32 Å². The molecule has 0 saturated carbocycles. The molecule has 1 N–H and O–H groups in total. The average molecular weight is 338 g/mol. The number of nitrogens with zero attached hydrogens (tertiary/aromatic N) is 1. The van der Waals surface area contributed by atoms with E-state index in [4.69, 9.17) is 11.6 Å². The molecule has 7 nitrogen and oxygen atoms in total. The predicted octanol–water partition coefficient (Wildman–Crippen LogP) is 1.74. The second-order valence-electron chi connectivity index (χ2n) is 5.37. The molecule has 1 aliphatic carbocycles. The number of hydrogen-bond acceptors (Lipinski definition) is 5. The van der Waals surface area contributed by atoms with Crippen molar-refractivity contribution in [2.45, 2.75) is 19.8 Å². The van der Waals surface area contributed by atoms with Crippen molar-refractivity contribution < 1.29 is 19.6 Å². The van der Waals surface area contributed by atoms with Crippen LogP contribution in [0.15, 0.2) is 29.3 Å². The number of nitro groups is 1. The van der Waals surface area contributed by atoms with Crippen molar-refractivity contribution in [3.05, 3.63) is 45.0 Å². The van der Waals surface area contributed by atoms with Gasteiger partial charge in [-0.2, -0.15) is 0 Å². The maximum Gasteiger partial charge on any atom is 0.274 e. The molecule has 23 heavy (non-hydrogen) atoms. The average Bonchev–Trinajstić information content (AvgIpc) is 2.48. The molecule has 122 valence electrons. The van der Waals surface area contributed by atoms with Gasteiger partial charge < -0.3 is 15.2 Å². The van der Waals surface area contributed by atoms with Gasteiger partial charge in [0.1, 0.15) is 0 Å². The van der Waals surface area contributed by atoms with Crippen LogP contribution in [0.4, 0.5) is 11.4 Å². The van der Waals surface area contributed by atoms with Gasteiger partial charge in [-0.3, -0.25) is 14.9 Å². The molecule has 0 saturated heterocycles. The van der Waals surface area contributed by atoms with Crippen LogP contribution in [0.25, 0.3) is 0 Å². The molecule has 0 spiro atoms. The van der Waals surface area contributed by atoms with Crippen molar-refractivity contribution in [3.8, 4) is 0 Å². The third kappa shape index (κ3) is 3.87.